The van der Waals surface area contributed by atoms with Gasteiger partial charge in [0.2, 0.25) is 0 Å². The molecule has 2 nitrogen and oxygen atoms in total. The molecule has 3 heteroatoms. The first-order valence-electron chi connectivity index (χ1n) is 6.87. The highest BCUT2D eigenvalue weighted by atomic mass is 35.5. The van der Waals surface area contributed by atoms with E-state index in [-0.39, 0.29) is 11.0 Å². The van der Waals surface area contributed by atoms with E-state index >= 15 is 0 Å². The molecule has 1 aliphatic rings. The quantitative estimate of drug-likeness (QED) is 0.816. The van der Waals surface area contributed by atoms with E-state index in [1.807, 2.05) is 18.2 Å². The largest absolute Gasteiger partial charge is 0.459 e. The highest BCUT2D eigenvalue weighted by molar-refractivity contribution is 6.31. The topological polar surface area (TPSA) is 25.2 Å². The lowest BCUT2D eigenvalue weighted by molar-refractivity contribution is 0.133. The van der Waals surface area contributed by atoms with Gasteiger partial charge in [-0.3, -0.25) is 0 Å². The van der Waals surface area contributed by atoms with Crippen LogP contribution >= 0.6 is 11.6 Å². The van der Waals surface area contributed by atoms with Crippen LogP contribution < -0.4 is 5.32 Å². The predicted octanol–water partition coefficient (Wildman–Crippen LogP) is 4.71. The Bertz CT molecular complexity index is 603. The van der Waals surface area contributed by atoms with Crippen LogP contribution in [0.3, 0.4) is 0 Å². The lowest BCUT2D eigenvalue weighted by atomic mass is 9.71. The molecule has 1 aliphatic heterocycles. The van der Waals surface area contributed by atoms with Crippen LogP contribution in [0.1, 0.15) is 39.4 Å². The molecule has 0 radical (unpaired) electrons. The maximum Gasteiger partial charge on any atom is 0.134 e. The Balaban J connectivity index is 2.16. The van der Waals surface area contributed by atoms with Crippen LogP contribution in [0.4, 0.5) is 0 Å². The van der Waals surface area contributed by atoms with Gasteiger partial charge in [-0.15, -0.1) is 0 Å². The first kappa shape index (κ1) is 13.0. The van der Waals surface area contributed by atoms with Gasteiger partial charge in [0, 0.05) is 10.4 Å². The van der Waals surface area contributed by atoms with Gasteiger partial charge in [0.05, 0.1) is 5.54 Å². The van der Waals surface area contributed by atoms with Gasteiger partial charge in [0.15, 0.2) is 0 Å². The molecule has 2 heterocycles. The molecule has 3 rings (SSSR count). The minimum atomic E-state index is -0.0709. The summed E-state index contributed by atoms with van der Waals surface area (Å²) in [4.78, 5) is 0. The van der Waals surface area contributed by atoms with Crippen molar-refractivity contribution in [2.45, 2.75) is 39.2 Å². The van der Waals surface area contributed by atoms with E-state index in [0.717, 1.165) is 34.7 Å². The Morgan fingerprint density at radius 2 is 2.05 bits per heavy atom. The molecule has 0 amide bonds. The van der Waals surface area contributed by atoms with Crippen LogP contribution in [-0.4, -0.2) is 6.54 Å². The lowest BCUT2D eigenvalue weighted by Gasteiger charge is -2.40. The number of hydrogen-bond donors (Lipinski definition) is 1. The molecule has 1 atom stereocenters. The van der Waals surface area contributed by atoms with Gasteiger partial charge in [-0.25, -0.2) is 0 Å². The fourth-order valence-corrected chi connectivity index (χ4v) is 3.37. The van der Waals surface area contributed by atoms with Crippen molar-refractivity contribution in [1.82, 2.24) is 5.32 Å². The van der Waals surface area contributed by atoms with Crippen LogP contribution in [0.2, 0.25) is 5.02 Å². The second-order valence-corrected chi connectivity index (χ2v) is 6.91. The first-order valence-corrected chi connectivity index (χ1v) is 7.25. The number of halogens is 1. The van der Waals surface area contributed by atoms with E-state index in [1.165, 1.54) is 6.42 Å². The number of rotatable bonds is 1. The Hall–Kier alpha value is -0.990. The molecule has 19 heavy (non-hydrogen) atoms. The zero-order valence-corrected chi connectivity index (χ0v) is 12.5. The minimum absolute atomic E-state index is 0.0709. The summed E-state index contributed by atoms with van der Waals surface area (Å²) >= 11 is 6.05. The average Bonchev–Trinajstić information content (AvgIpc) is 2.93. The number of benzene rings is 1. The highest BCUT2D eigenvalue weighted by Gasteiger charge is 2.47. The van der Waals surface area contributed by atoms with Gasteiger partial charge in [-0.1, -0.05) is 32.4 Å². The van der Waals surface area contributed by atoms with Gasteiger partial charge in [-0.2, -0.15) is 0 Å². The summed E-state index contributed by atoms with van der Waals surface area (Å²) in [5, 5.41) is 5.51. The first-order chi connectivity index (χ1) is 8.92. The molecule has 0 aliphatic carbocycles. The van der Waals surface area contributed by atoms with Crippen molar-refractivity contribution in [3.05, 3.63) is 35.0 Å². The molecule has 1 fully saturated rings. The van der Waals surface area contributed by atoms with Crippen LogP contribution in [-0.2, 0) is 5.54 Å². The summed E-state index contributed by atoms with van der Waals surface area (Å²) in [6.07, 6.45) is 2.30. The van der Waals surface area contributed by atoms with Crippen molar-refractivity contribution in [1.29, 1.82) is 0 Å². The Kier molecular flexibility index (Phi) is 2.91. The van der Waals surface area contributed by atoms with Gasteiger partial charge < -0.3 is 9.73 Å². The molecule has 0 saturated carbocycles. The molecular formula is C16H20ClNO. The average molecular weight is 278 g/mol. The lowest BCUT2D eigenvalue weighted by Crippen LogP contribution is -2.47. The molecule has 2 aromatic rings. The number of nitrogens with one attached hydrogen (secondary N) is 1. The molecule has 1 aromatic heterocycles. The monoisotopic (exact) mass is 277 g/mol. The second kappa shape index (κ2) is 4.26. The number of hydrogen-bond acceptors (Lipinski definition) is 2. The third kappa shape index (κ3) is 1.98. The van der Waals surface area contributed by atoms with E-state index in [1.54, 1.807) is 0 Å². The smallest absolute Gasteiger partial charge is 0.134 e. The predicted molar refractivity (Wildman–Crippen MR) is 79.6 cm³/mol. The van der Waals surface area contributed by atoms with Crippen molar-refractivity contribution in [3.8, 4) is 0 Å². The number of furan rings is 1. The summed E-state index contributed by atoms with van der Waals surface area (Å²) in [6.45, 7) is 7.86. The zero-order valence-electron chi connectivity index (χ0n) is 11.7. The summed E-state index contributed by atoms with van der Waals surface area (Å²) in [5.41, 5.74) is 0.955. The van der Waals surface area contributed by atoms with E-state index in [4.69, 9.17) is 16.0 Å². The van der Waals surface area contributed by atoms with Crippen molar-refractivity contribution in [2.24, 2.45) is 5.41 Å². The Labute approximate surface area is 119 Å². The van der Waals surface area contributed by atoms with E-state index in [9.17, 15) is 0 Å². The van der Waals surface area contributed by atoms with E-state index < -0.39 is 0 Å². The zero-order chi connectivity index (χ0) is 13.7. The van der Waals surface area contributed by atoms with Crippen molar-refractivity contribution in [2.75, 3.05) is 6.54 Å². The van der Waals surface area contributed by atoms with Crippen molar-refractivity contribution < 1.29 is 4.42 Å². The summed E-state index contributed by atoms with van der Waals surface area (Å²) in [5.74, 6) is 1.04. The molecule has 0 bridgehead atoms. The Morgan fingerprint density at radius 3 is 2.68 bits per heavy atom. The van der Waals surface area contributed by atoms with Gasteiger partial charge in [0.25, 0.3) is 0 Å². The third-order valence-corrected chi connectivity index (χ3v) is 4.57. The summed E-state index contributed by atoms with van der Waals surface area (Å²) in [6, 6.07) is 7.94. The summed E-state index contributed by atoms with van der Waals surface area (Å²) in [7, 11) is 0. The van der Waals surface area contributed by atoms with Crippen LogP contribution in [0, 0.1) is 5.41 Å². The third-order valence-electron chi connectivity index (χ3n) is 4.33. The van der Waals surface area contributed by atoms with Crippen LogP contribution in [0.25, 0.3) is 11.0 Å². The maximum absolute atomic E-state index is 6.12. The number of fused-ring (bicyclic) bond motifs is 1. The molecule has 1 aromatic carbocycles. The fourth-order valence-electron chi connectivity index (χ4n) is 3.19. The SMILES string of the molecule is CC(C)(C)C1(c2cc3cc(Cl)ccc3o2)CCCN1. The normalized spacial score (nSPS) is 24.2. The van der Waals surface area contributed by atoms with E-state index in [0.29, 0.717) is 0 Å². The Morgan fingerprint density at radius 1 is 1.26 bits per heavy atom. The molecule has 102 valence electrons. The molecule has 1 unspecified atom stereocenters. The van der Waals surface area contributed by atoms with Crippen LogP contribution in [0.15, 0.2) is 28.7 Å². The molecule has 1 saturated heterocycles. The molecular weight excluding hydrogens is 258 g/mol. The fraction of sp³-hybridized carbons (Fsp3) is 0.500. The maximum atomic E-state index is 6.12. The molecule has 1 N–H and O–H groups in total. The van der Waals surface area contributed by atoms with Gasteiger partial charge in [0.1, 0.15) is 11.3 Å². The highest BCUT2D eigenvalue weighted by Crippen LogP contribution is 2.47. The molecule has 0 spiro atoms. The van der Waals surface area contributed by atoms with E-state index in [2.05, 4.69) is 32.2 Å². The van der Waals surface area contributed by atoms with Gasteiger partial charge >= 0.3 is 0 Å². The standard InChI is InChI=1S/C16H20ClNO/c1-15(2,3)16(7-4-8-18-16)14-10-11-9-12(17)5-6-13(11)19-14/h5-6,9-10,18H,4,7-8H2,1-3H3. The van der Waals surface area contributed by atoms with Gasteiger partial charge in [-0.05, 0) is 49.1 Å². The minimum Gasteiger partial charge on any atom is -0.459 e. The van der Waals surface area contributed by atoms with Crippen LogP contribution in [0.5, 0.6) is 0 Å². The van der Waals surface area contributed by atoms with Crippen molar-refractivity contribution >= 4 is 22.6 Å². The second-order valence-electron chi connectivity index (χ2n) is 6.48. The summed E-state index contributed by atoms with van der Waals surface area (Å²) < 4.78 is 6.12. The van der Waals surface area contributed by atoms with Crippen molar-refractivity contribution in [3.63, 3.8) is 0 Å².